The molecule has 1 aliphatic heterocycles. The van der Waals surface area contributed by atoms with Gasteiger partial charge in [0.2, 0.25) is 0 Å². The summed E-state index contributed by atoms with van der Waals surface area (Å²) in [6.07, 6.45) is 7.14. The van der Waals surface area contributed by atoms with E-state index in [0.29, 0.717) is 22.1 Å². The van der Waals surface area contributed by atoms with Crippen molar-refractivity contribution in [3.05, 3.63) is 60.2 Å². The van der Waals surface area contributed by atoms with Gasteiger partial charge in [-0.15, -0.1) is 0 Å². The molecule has 0 bridgehead atoms. The molecule has 1 atom stereocenters. The second-order valence-corrected chi connectivity index (χ2v) is 11.1. The first-order valence-electron chi connectivity index (χ1n) is 11.7. The van der Waals surface area contributed by atoms with Gasteiger partial charge in [0, 0.05) is 25.0 Å². The van der Waals surface area contributed by atoms with Crippen LogP contribution in [-0.4, -0.2) is 53.5 Å². The number of anilines is 1. The Morgan fingerprint density at radius 2 is 1.89 bits per heavy atom. The summed E-state index contributed by atoms with van der Waals surface area (Å²) in [5, 5.41) is 1.55. The first-order valence-corrected chi connectivity index (χ1v) is 13.1. The Morgan fingerprint density at radius 1 is 1.11 bits per heavy atom. The van der Waals surface area contributed by atoms with Crippen molar-refractivity contribution in [2.45, 2.75) is 56.4 Å². The van der Waals surface area contributed by atoms with Gasteiger partial charge < -0.3 is 14.6 Å². The lowest BCUT2D eigenvalue weighted by molar-refractivity contribution is -0.0495. The molecule has 1 saturated carbocycles. The van der Waals surface area contributed by atoms with E-state index in [1.165, 1.54) is 0 Å². The summed E-state index contributed by atoms with van der Waals surface area (Å²) in [4.78, 5) is 9.07. The smallest absolute Gasteiger partial charge is 0.376 e. The number of fused-ring (bicyclic) bond motifs is 3. The van der Waals surface area contributed by atoms with Gasteiger partial charge in [0.1, 0.15) is 0 Å². The van der Waals surface area contributed by atoms with E-state index in [0.717, 1.165) is 42.1 Å². The first kappa shape index (κ1) is 24.1. The Bertz CT molecular complexity index is 1270. The number of halogens is 3. The zero-order valence-corrected chi connectivity index (χ0v) is 19.9. The van der Waals surface area contributed by atoms with E-state index < -0.39 is 21.6 Å². The van der Waals surface area contributed by atoms with Crippen molar-refractivity contribution in [1.82, 2.24) is 14.3 Å². The molecule has 0 unspecified atom stereocenters. The van der Waals surface area contributed by atoms with Crippen LogP contribution in [0.25, 0.3) is 10.8 Å². The molecule has 0 radical (unpaired) electrons. The molecule has 188 valence electrons. The summed E-state index contributed by atoms with van der Waals surface area (Å²) in [6.45, 7) is -0.275. The molecule has 2 aliphatic rings. The molecule has 7 nitrogen and oxygen atoms in total. The molecule has 1 aromatic heterocycles. The Labute approximate surface area is 201 Å². The lowest BCUT2D eigenvalue weighted by Gasteiger charge is -2.34. The van der Waals surface area contributed by atoms with Gasteiger partial charge in [-0.3, -0.25) is 0 Å². The number of rotatable bonds is 6. The summed E-state index contributed by atoms with van der Waals surface area (Å²) in [5.74, 6) is 0. The number of hydrogen-bond donors (Lipinski definition) is 1. The van der Waals surface area contributed by atoms with Crippen LogP contribution < -0.4 is 4.90 Å². The number of aromatic nitrogens is 2. The number of benzene rings is 2. The third-order valence-corrected chi connectivity index (χ3v) is 8.41. The molecular weight excluding hydrogens is 481 g/mol. The maximum atomic E-state index is 13.7. The third-order valence-electron chi connectivity index (χ3n) is 6.87. The monoisotopic (exact) mass is 508 g/mol. The van der Waals surface area contributed by atoms with Crippen LogP contribution in [0, 0.1) is 0 Å². The van der Waals surface area contributed by atoms with Crippen LogP contribution in [0.4, 0.5) is 18.9 Å². The molecule has 5 rings (SSSR count). The molecule has 1 fully saturated rings. The van der Waals surface area contributed by atoms with Crippen molar-refractivity contribution < 1.29 is 26.3 Å². The molecule has 1 aliphatic carbocycles. The quantitative estimate of drug-likeness (QED) is 0.528. The molecule has 2 heterocycles. The number of hydrogen-bond acceptors (Lipinski definition) is 5. The fraction of sp³-hybridized carbons (Fsp3) is 0.458. The highest BCUT2D eigenvalue weighted by molar-refractivity contribution is 7.89. The van der Waals surface area contributed by atoms with E-state index >= 15 is 0 Å². The van der Waals surface area contributed by atoms with Gasteiger partial charge in [-0.1, -0.05) is 43.2 Å². The minimum Gasteiger partial charge on any atom is -0.376 e. The molecule has 3 aromatic rings. The average Bonchev–Trinajstić information content (AvgIpc) is 3.51. The standard InChI is InChI=1S/C24H27F3N4O3S/c25-24(26,27)35(32,33)30-13-19(15-34-20-6-2-3-7-20)31(12-18-11-28-16-29-18)23-10-9-17-5-1-4-8-21(17)22(23)14-30/h1,4-5,8-11,16,19-20H,2-3,6-7,12-15H2,(H,28,29)/t19-/m1/s1. The van der Waals surface area contributed by atoms with Gasteiger partial charge in [-0.2, -0.15) is 17.5 Å². The van der Waals surface area contributed by atoms with E-state index in [4.69, 9.17) is 4.74 Å². The van der Waals surface area contributed by atoms with Crippen LogP contribution >= 0.6 is 0 Å². The molecule has 0 spiro atoms. The summed E-state index contributed by atoms with van der Waals surface area (Å²) in [5.41, 5.74) is -3.40. The molecule has 11 heteroatoms. The summed E-state index contributed by atoms with van der Waals surface area (Å²) < 4.78 is 73.2. The molecule has 35 heavy (non-hydrogen) atoms. The third kappa shape index (κ3) is 4.76. The second-order valence-electron chi connectivity index (χ2n) is 9.13. The molecular formula is C24H27F3N4O3S. The topological polar surface area (TPSA) is 78.5 Å². The van der Waals surface area contributed by atoms with Gasteiger partial charge >= 0.3 is 15.5 Å². The number of nitrogens with one attached hydrogen (secondary N) is 1. The van der Waals surface area contributed by atoms with Crippen molar-refractivity contribution in [3.8, 4) is 0 Å². The molecule has 0 amide bonds. The van der Waals surface area contributed by atoms with Crippen LogP contribution in [0.1, 0.15) is 36.9 Å². The van der Waals surface area contributed by atoms with E-state index in [9.17, 15) is 21.6 Å². The Morgan fingerprint density at radius 3 is 2.60 bits per heavy atom. The zero-order valence-electron chi connectivity index (χ0n) is 19.0. The SMILES string of the molecule is O=S(=O)(N1Cc2c(ccc3ccccc23)N(Cc2cnc[nH]2)[C@@H](COC2CCCC2)C1)C(F)(F)F. The van der Waals surface area contributed by atoms with Gasteiger partial charge in [0.15, 0.2) is 0 Å². The van der Waals surface area contributed by atoms with Crippen LogP contribution in [0.5, 0.6) is 0 Å². The van der Waals surface area contributed by atoms with Crippen LogP contribution in [0.15, 0.2) is 48.9 Å². The number of sulfonamides is 1. The van der Waals surface area contributed by atoms with Crippen molar-refractivity contribution in [1.29, 1.82) is 0 Å². The van der Waals surface area contributed by atoms with Gasteiger partial charge in [0.05, 0.1) is 37.3 Å². The number of nitrogens with zero attached hydrogens (tertiary/aromatic N) is 3. The Balaban J connectivity index is 1.62. The number of ether oxygens (including phenoxy) is 1. The average molecular weight is 509 g/mol. The van der Waals surface area contributed by atoms with E-state index in [2.05, 4.69) is 9.97 Å². The number of H-pyrrole nitrogens is 1. The van der Waals surface area contributed by atoms with Crippen molar-refractivity contribution in [2.24, 2.45) is 0 Å². The fourth-order valence-electron chi connectivity index (χ4n) is 5.07. The van der Waals surface area contributed by atoms with Gasteiger partial charge in [0.25, 0.3) is 0 Å². The summed E-state index contributed by atoms with van der Waals surface area (Å²) in [7, 11) is -5.56. The van der Waals surface area contributed by atoms with E-state index in [-0.39, 0.29) is 25.8 Å². The summed E-state index contributed by atoms with van der Waals surface area (Å²) >= 11 is 0. The minimum absolute atomic E-state index is 0.0380. The molecule has 1 N–H and O–H groups in total. The maximum Gasteiger partial charge on any atom is 0.511 e. The van der Waals surface area contributed by atoms with Gasteiger partial charge in [-0.25, -0.2) is 13.4 Å². The van der Waals surface area contributed by atoms with Crippen molar-refractivity contribution >= 4 is 26.5 Å². The number of alkyl halides is 3. The van der Waals surface area contributed by atoms with Crippen LogP contribution in [0.2, 0.25) is 0 Å². The highest BCUT2D eigenvalue weighted by Crippen LogP contribution is 2.38. The molecule has 2 aromatic carbocycles. The Hall–Kier alpha value is -2.63. The zero-order chi connectivity index (χ0) is 24.6. The normalized spacial score (nSPS) is 20.3. The predicted molar refractivity (Wildman–Crippen MR) is 126 cm³/mol. The van der Waals surface area contributed by atoms with Crippen molar-refractivity contribution in [3.63, 3.8) is 0 Å². The second kappa shape index (κ2) is 9.44. The van der Waals surface area contributed by atoms with Crippen molar-refractivity contribution in [2.75, 3.05) is 18.1 Å². The predicted octanol–water partition coefficient (Wildman–Crippen LogP) is 4.56. The van der Waals surface area contributed by atoms with E-state index in [1.54, 1.807) is 18.6 Å². The lowest BCUT2D eigenvalue weighted by Crippen LogP contribution is -2.49. The minimum atomic E-state index is -5.56. The van der Waals surface area contributed by atoms with Crippen LogP contribution in [0.3, 0.4) is 0 Å². The van der Waals surface area contributed by atoms with E-state index in [1.807, 2.05) is 35.2 Å². The highest BCUT2D eigenvalue weighted by atomic mass is 32.2. The summed E-state index contributed by atoms with van der Waals surface area (Å²) in [6, 6.07) is 10.5. The molecule has 0 saturated heterocycles. The highest BCUT2D eigenvalue weighted by Gasteiger charge is 2.51. The Kier molecular flexibility index (Phi) is 6.49. The van der Waals surface area contributed by atoms with Gasteiger partial charge in [-0.05, 0) is 35.2 Å². The number of imidazole rings is 1. The largest absolute Gasteiger partial charge is 0.511 e. The first-order chi connectivity index (χ1) is 16.7. The lowest BCUT2D eigenvalue weighted by atomic mass is 10.0. The number of aromatic amines is 1. The van der Waals surface area contributed by atoms with Crippen LogP contribution in [-0.2, 0) is 27.8 Å². The fourth-order valence-corrected chi connectivity index (χ4v) is 6.03. The maximum absolute atomic E-state index is 13.7.